The van der Waals surface area contributed by atoms with Crippen molar-refractivity contribution in [3.8, 4) is 0 Å². The fraction of sp³-hybridized carbons (Fsp3) is 0.350. The van der Waals surface area contributed by atoms with Gasteiger partial charge in [0.1, 0.15) is 0 Å². The van der Waals surface area contributed by atoms with Gasteiger partial charge in [0.15, 0.2) is 9.84 Å². The minimum atomic E-state index is -3.34. The number of hydrogen-bond acceptors (Lipinski definition) is 4. The molecule has 0 saturated carbocycles. The van der Waals surface area contributed by atoms with Gasteiger partial charge >= 0.3 is 0 Å². The van der Waals surface area contributed by atoms with Crippen molar-refractivity contribution >= 4 is 21.4 Å². The average Bonchev–Trinajstić information content (AvgIpc) is 3.09. The van der Waals surface area contributed by atoms with Crippen molar-refractivity contribution in [1.82, 2.24) is 5.32 Å². The lowest BCUT2D eigenvalue weighted by Gasteiger charge is -2.18. The number of nitrogens with zero attached hydrogens (tertiary/aromatic N) is 1. The van der Waals surface area contributed by atoms with Crippen LogP contribution in [0.5, 0.6) is 0 Å². The molecule has 0 radical (unpaired) electrons. The zero-order chi connectivity index (χ0) is 18.7. The van der Waals surface area contributed by atoms with Gasteiger partial charge in [0.2, 0.25) is 0 Å². The molecule has 1 aliphatic rings. The number of aryl methyl sites for hydroxylation is 1. The number of carbonyl (C=O) groups is 1. The van der Waals surface area contributed by atoms with Crippen LogP contribution in [0.15, 0.2) is 53.4 Å². The molecule has 1 fully saturated rings. The summed E-state index contributed by atoms with van der Waals surface area (Å²) in [7, 11) is -3.34. The molecule has 2 aromatic carbocycles. The molecule has 1 heterocycles. The van der Waals surface area contributed by atoms with Gasteiger partial charge in [-0.2, -0.15) is 0 Å². The molecule has 26 heavy (non-hydrogen) atoms. The first-order chi connectivity index (χ1) is 12.3. The summed E-state index contributed by atoms with van der Waals surface area (Å²) >= 11 is 0. The maximum absolute atomic E-state index is 12.4. The number of para-hydroxylation sites is 1. The Hall–Kier alpha value is -2.34. The highest BCUT2D eigenvalue weighted by Gasteiger charge is 2.23. The lowest BCUT2D eigenvalue weighted by molar-refractivity contribution is 0.0948. The van der Waals surface area contributed by atoms with Crippen molar-refractivity contribution in [3.05, 3.63) is 59.7 Å². The molecule has 5 nitrogen and oxygen atoms in total. The third-order valence-corrected chi connectivity index (χ3v) is 6.05. The standard InChI is InChI=1S/C20H24N2O3S/c1-15-8-9-17(12-19(15)26(2,24)25)20(23)21-13-16-10-11-22(14-16)18-6-4-3-5-7-18/h3-9,12,16H,10-11,13-14H2,1-2H3,(H,21,23). The quantitative estimate of drug-likeness (QED) is 0.876. The summed E-state index contributed by atoms with van der Waals surface area (Å²) in [5, 5.41) is 2.95. The van der Waals surface area contributed by atoms with Crippen LogP contribution < -0.4 is 10.2 Å². The summed E-state index contributed by atoms with van der Waals surface area (Å²) in [6.07, 6.45) is 2.19. The topological polar surface area (TPSA) is 66.5 Å². The van der Waals surface area contributed by atoms with E-state index in [0.29, 0.717) is 23.6 Å². The molecule has 1 atom stereocenters. The zero-order valence-corrected chi connectivity index (χ0v) is 15.9. The van der Waals surface area contributed by atoms with Crippen molar-refractivity contribution in [2.45, 2.75) is 18.2 Å². The average molecular weight is 372 g/mol. The maximum atomic E-state index is 12.4. The molecule has 1 unspecified atom stereocenters. The lowest BCUT2D eigenvalue weighted by atomic mass is 10.1. The van der Waals surface area contributed by atoms with Crippen LogP contribution in [-0.4, -0.2) is 40.2 Å². The summed E-state index contributed by atoms with van der Waals surface area (Å²) in [5.74, 6) is 0.159. The third-order valence-electron chi connectivity index (χ3n) is 4.81. The van der Waals surface area contributed by atoms with Crippen LogP contribution in [0.1, 0.15) is 22.3 Å². The Bertz CT molecular complexity index is 895. The van der Waals surface area contributed by atoms with Crippen LogP contribution in [0.3, 0.4) is 0 Å². The Labute approximate surface area is 154 Å². The van der Waals surface area contributed by atoms with E-state index in [9.17, 15) is 13.2 Å². The predicted molar refractivity (Wildman–Crippen MR) is 103 cm³/mol. The second kappa shape index (κ2) is 7.50. The van der Waals surface area contributed by atoms with E-state index >= 15 is 0 Å². The first kappa shape index (κ1) is 18.5. The fourth-order valence-corrected chi connectivity index (χ4v) is 4.35. The van der Waals surface area contributed by atoms with Crippen LogP contribution in [0, 0.1) is 12.8 Å². The van der Waals surface area contributed by atoms with Gasteiger partial charge < -0.3 is 10.2 Å². The highest BCUT2D eigenvalue weighted by Crippen LogP contribution is 2.23. The Morgan fingerprint density at radius 1 is 1.19 bits per heavy atom. The SMILES string of the molecule is Cc1ccc(C(=O)NCC2CCN(c3ccccc3)C2)cc1S(C)(=O)=O. The summed E-state index contributed by atoms with van der Waals surface area (Å²) in [4.78, 5) is 15.0. The zero-order valence-electron chi connectivity index (χ0n) is 15.1. The molecule has 1 amide bonds. The van der Waals surface area contributed by atoms with E-state index in [4.69, 9.17) is 0 Å². The number of hydrogen-bond donors (Lipinski definition) is 1. The number of carbonyl (C=O) groups excluding carboxylic acids is 1. The molecule has 0 aromatic heterocycles. The van der Waals surface area contributed by atoms with Crippen LogP contribution in [0.2, 0.25) is 0 Å². The second-order valence-electron chi connectivity index (χ2n) is 6.90. The number of anilines is 1. The normalized spacial score (nSPS) is 17.3. The number of nitrogens with one attached hydrogen (secondary N) is 1. The van der Waals surface area contributed by atoms with Gasteiger partial charge in [-0.05, 0) is 49.1 Å². The molecule has 2 aromatic rings. The summed E-state index contributed by atoms with van der Waals surface area (Å²) in [5.41, 5.74) is 2.24. The molecule has 1 aliphatic heterocycles. The highest BCUT2D eigenvalue weighted by atomic mass is 32.2. The predicted octanol–water partition coefficient (Wildman–Crippen LogP) is 2.65. The van der Waals surface area contributed by atoms with E-state index in [0.717, 1.165) is 25.8 Å². The lowest BCUT2D eigenvalue weighted by Crippen LogP contribution is -2.31. The first-order valence-corrected chi connectivity index (χ1v) is 10.6. The highest BCUT2D eigenvalue weighted by molar-refractivity contribution is 7.90. The Morgan fingerprint density at radius 2 is 1.92 bits per heavy atom. The number of rotatable bonds is 5. The van der Waals surface area contributed by atoms with Gasteiger partial charge in [0.25, 0.3) is 5.91 Å². The van der Waals surface area contributed by atoms with Crippen LogP contribution in [-0.2, 0) is 9.84 Å². The summed E-state index contributed by atoms with van der Waals surface area (Å²) in [6, 6.07) is 15.1. The van der Waals surface area contributed by atoms with E-state index in [2.05, 4.69) is 22.3 Å². The molecular weight excluding hydrogens is 348 g/mol. The van der Waals surface area contributed by atoms with E-state index in [1.807, 2.05) is 18.2 Å². The first-order valence-electron chi connectivity index (χ1n) is 8.73. The minimum Gasteiger partial charge on any atom is -0.371 e. The van der Waals surface area contributed by atoms with Gasteiger partial charge in [0.05, 0.1) is 4.90 Å². The maximum Gasteiger partial charge on any atom is 0.251 e. The van der Waals surface area contributed by atoms with Gasteiger partial charge in [-0.3, -0.25) is 4.79 Å². The Kier molecular flexibility index (Phi) is 5.32. The molecule has 3 rings (SSSR count). The molecule has 0 spiro atoms. The van der Waals surface area contributed by atoms with Crippen molar-refractivity contribution in [2.75, 3.05) is 30.8 Å². The van der Waals surface area contributed by atoms with E-state index < -0.39 is 9.84 Å². The van der Waals surface area contributed by atoms with Crippen LogP contribution >= 0.6 is 0 Å². The Balaban J connectivity index is 1.60. The molecule has 0 bridgehead atoms. The van der Waals surface area contributed by atoms with Crippen LogP contribution in [0.4, 0.5) is 5.69 Å². The fourth-order valence-electron chi connectivity index (χ4n) is 3.35. The molecular formula is C20H24N2O3S. The smallest absolute Gasteiger partial charge is 0.251 e. The summed E-state index contributed by atoms with van der Waals surface area (Å²) in [6.45, 7) is 4.21. The third kappa shape index (κ3) is 4.25. The van der Waals surface area contributed by atoms with E-state index in [-0.39, 0.29) is 10.8 Å². The molecule has 6 heteroatoms. The van der Waals surface area contributed by atoms with E-state index in [1.165, 1.54) is 11.8 Å². The second-order valence-corrected chi connectivity index (χ2v) is 8.88. The van der Waals surface area contributed by atoms with Crippen molar-refractivity contribution < 1.29 is 13.2 Å². The van der Waals surface area contributed by atoms with Gasteiger partial charge in [-0.25, -0.2) is 8.42 Å². The van der Waals surface area contributed by atoms with Crippen molar-refractivity contribution in [3.63, 3.8) is 0 Å². The largest absolute Gasteiger partial charge is 0.371 e. The Morgan fingerprint density at radius 3 is 2.62 bits per heavy atom. The molecule has 1 saturated heterocycles. The monoisotopic (exact) mass is 372 g/mol. The molecule has 138 valence electrons. The van der Waals surface area contributed by atoms with Gasteiger partial charge in [-0.15, -0.1) is 0 Å². The minimum absolute atomic E-state index is 0.210. The van der Waals surface area contributed by atoms with Gasteiger partial charge in [0, 0.05) is 37.1 Å². The van der Waals surface area contributed by atoms with E-state index in [1.54, 1.807) is 19.1 Å². The number of sulfone groups is 1. The molecule has 1 N–H and O–H groups in total. The molecule has 0 aliphatic carbocycles. The van der Waals surface area contributed by atoms with Gasteiger partial charge in [-0.1, -0.05) is 24.3 Å². The van der Waals surface area contributed by atoms with Crippen molar-refractivity contribution in [1.29, 1.82) is 0 Å². The number of amides is 1. The number of benzene rings is 2. The van der Waals surface area contributed by atoms with Crippen LogP contribution in [0.25, 0.3) is 0 Å². The summed E-state index contributed by atoms with van der Waals surface area (Å²) < 4.78 is 23.7. The van der Waals surface area contributed by atoms with Crippen molar-refractivity contribution in [2.24, 2.45) is 5.92 Å².